The summed E-state index contributed by atoms with van der Waals surface area (Å²) in [5.74, 6) is -0.415. The van der Waals surface area contributed by atoms with Crippen LogP contribution in [0.25, 0.3) is 5.57 Å². The van der Waals surface area contributed by atoms with E-state index in [1.54, 1.807) is 31.2 Å². The van der Waals surface area contributed by atoms with E-state index >= 15 is 0 Å². The van der Waals surface area contributed by atoms with Crippen molar-refractivity contribution in [3.63, 3.8) is 0 Å². The molecule has 0 fully saturated rings. The van der Waals surface area contributed by atoms with Crippen LogP contribution in [0.3, 0.4) is 0 Å². The molecule has 2 N–H and O–H groups in total. The molecule has 5 heteroatoms. The first-order valence-electron chi connectivity index (χ1n) is 9.04. The van der Waals surface area contributed by atoms with Crippen molar-refractivity contribution in [2.24, 2.45) is 0 Å². The maximum absolute atomic E-state index is 12.7. The molecule has 29 heavy (non-hydrogen) atoms. The van der Waals surface area contributed by atoms with Gasteiger partial charge in [0.05, 0.1) is 10.6 Å². The first kappa shape index (κ1) is 21.0. The van der Waals surface area contributed by atoms with Crippen LogP contribution in [-0.2, 0) is 0 Å². The molecular weight excluding hydrogens is 405 g/mol. The minimum absolute atomic E-state index is 0.0235. The van der Waals surface area contributed by atoms with Crippen molar-refractivity contribution in [2.75, 3.05) is 5.32 Å². The van der Waals surface area contributed by atoms with Gasteiger partial charge in [-0.2, -0.15) is 0 Å². The lowest BCUT2D eigenvalue weighted by atomic mass is 9.97. The molecule has 0 saturated carbocycles. The van der Waals surface area contributed by atoms with Gasteiger partial charge >= 0.3 is 0 Å². The highest BCUT2D eigenvalue weighted by atomic mass is 35.5. The Hall–Kier alpha value is -2.75. The van der Waals surface area contributed by atoms with Crippen LogP contribution in [0.5, 0.6) is 5.75 Å². The molecule has 3 aromatic carbocycles. The van der Waals surface area contributed by atoms with Gasteiger partial charge in [-0.05, 0) is 78.9 Å². The fourth-order valence-electron chi connectivity index (χ4n) is 3.18. The van der Waals surface area contributed by atoms with E-state index in [0.717, 1.165) is 27.8 Å². The monoisotopic (exact) mass is 425 g/mol. The summed E-state index contributed by atoms with van der Waals surface area (Å²) in [5.41, 5.74) is 5.64. The molecule has 0 saturated heterocycles. The van der Waals surface area contributed by atoms with Crippen LogP contribution in [0.15, 0.2) is 55.1 Å². The number of amides is 1. The second kappa shape index (κ2) is 8.32. The number of carbonyl (C=O) groups is 1. The van der Waals surface area contributed by atoms with Crippen molar-refractivity contribution in [1.82, 2.24) is 0 Å². The topological polar surface area (TPSA) is 49.3 Å². The number of benzene rings is 3. The van der Waals surface area contributed by atoms with Crippen molar-refractivity contribution in [3.8, 4) is 5.75 Å². The summed E-state index contributed by atoms with van der Waals surface area (Å²) in [6.45, 7) is 9.67. The third-order valence-corrected chi connectivity index (χ3v) is 5.33. The van der Waals surface area contributed by atoms with Crippen LogP contribution in [0, 0.1) is 20.8 Å². The largest absolute Gasteiger partial charge is 0.507 e. The number of aromatic hydroxyl groups is 1. The smallest absolute Gasteiger partial charge is 0.259 e. The van der Waals surface area contributed by atoms with Crippen molar-refractivity contribution in [3.05, 3.63) is 98.5 Å². The van der Waals surface area contributed by atoms with Crippen LogP contribution >= 0.6 is 23.2 Å². The Bertz CT molecular complexity index is 1120. The number of nitrogens with one attached hydrogen (secondary N) is 1. The van der Waals surface area contributed by atoms with Crippen LogP contribution < -0.4 is 5.32 Å². The van der Waals surface area contributed by atoms with Crippen LogP contribution in [0.1, 0.15) is 38.2 Å². The zero-order valence-corrected chi connectivity index (χ0v) is 17.9. The highest BCUT2D eigenvalue weighted by Gasteiger charge is 2.17. The number of carbonyl (C=O) groups excluding carboxylic acids is 1. The quantitative estimate of drug-likeness (QED) is 0.475. The van der Waals surface area contributed by atoms with Gasteiger partial charge in [0.25, 0.3) is 5.91 Å². The molecule has 148 valence electrons. The van der Waals surface area contributed by atoms with Gasteiger partial charge in [0.1, 0.15) is 5.75 Å². The summed E-state index contributed by atoms with van der Waals surface area (Å²) < 4.78 is 0. The summed E-state index contributed by atoms with van der Waals surface area (Å²) in [6.07, 6.45) is 0. The molecule has 3 rings (SSSR count). The maximum atomic E-state index is 12.7. The summed E-state index contributed by atoms with van der Waals surface area (Å²) in [4.78, 5) is 12.7. The highest BCUT2D eigenvalue weighted by molar-refractivity contribution is 6.33. The van der Waals surface area contributed by atoms with Crippen LogP contribution in [0.2, 0.25) is 10.0 Å². The Kier molecular flexibility index (Phi) is 6.02. The van der Waals surface area contributed by atoms with E-state index in [9.17, 15) is 9.90 Å². The van der Waals surface area contributed by atoms with Gasteiger partial charge in [-0.3, -0.25) is 4.79 Å². The number of rotatable bonds is 4. The molecule has 0 unspecified atom stereocenters. The highest BCUT2D eigenvalue weighted by Crippen LogP contribution is 2.33. The fourth-order valence-corrected chi connectivity index (χ4v) is 3.58. The second-order valence-electron chi connectivity index (χ2n) is 7.06. The molecule has 0 aromatic heterocycles. The predicted molar refractivity (Wildman–Crippen MR) is 121 cm³/mol. The lowest BCUT2D eigenvalue weighted by Gasteiger charge is -2.15. The van der Waals surface area contributed by atoms with Crippen molar-refractivity contribution < 1.29 is 9.90 Å². The van der Waals surface area contributed by atoms with E-state index in [1.165, 1.54) is 0 Å². The molecule has 0 atom stereocenters. The van der Waals surface area contributed by atoms with E-state index < -0.39 is 5.91 Å². The summed E-state index contributed by atoms with van der Waals surface area (Å²) >= 11 is 12.5. The van der Waals surface area contributed by atoms with Gasteiger partial charge in [0.15, 0.2) is 0 Å². The van der Waals surface area contributed by atoms with Gasteiger partial charge in [0.2, 0.25) is 0 Å². The minimum Gasteiger partial charge on any atom is -0.507 e. The van der Waals surface area contributed by atoms with E-state index in [0.29, 0.717) is 21.3 Å². The minimum atomic E-state index is -0.391. The average Bonchev–Trinajstić information content (AvgIpc) is 2.67. The number of aryl methyl sites for hydroxylation is 3. The lowest BCUT2D eigenvalue weighted by molar-refractivity contribution is 0.102. The normalized spacial score (nSPS) is 10.7. The number of anilines is 1. The number of hydrogen-bond donors (Lipinski definition) is 2. The average molecular weight is 426 g/mol. The Morgan fingerprint density at radius 3 is 2.24 bits per heavy atom. The van der Waals surface area contributed by atoms with Crippen LogP contribution in [0.4, 0.5) is 5.69 Å². The van der Waals surface area contributed by atoms with Crippen molar-refractivity contribution >= 4 is 40.4 Å². The number of hydrogen-bond acceptors (Lipinski definition) is 2. The Balaban J connectivity index is 1.91. The zero-order chi connectivity index (χ0) is 21.3. The summed E-state index contributed by atoms with van der Waals surface area (Å²) in [7, 11) is 0. The molecule has 0 aliphatic carbocycles. The second-order valence-corrected chi connectivity index (χ2v) is 7.91. The Labute approximate surface area is 180 Å². The molecule has 0 bridgehead atoms. The molecule has 0 heterocycles. The standard InChI is InChI=1S/C24H21Cl2NO2/c1-13-9-15(3)23(28)20(10-13)24(29)27-22-12-21(26)19(11-14(22)2)16(4)17-5-7-18(25)8-6-17/h5-12,28H,4H2,1-3H3,(H,27,29). The molecule has 0 aliphatic rings. The SMILES string of the molecule is C=C(c1ccc(Cl)cc1)c1cc(C)c(NC(=O)c2cc(C)cc(C)c2O)cc1Cl. The fraction of sp³-hybridized carbons (Fsp3) is 0.125. The van der Waals surface area contributed by atoms with Crippen LogP contribution in [-0.4, -0.2) is 11.0 Å². The third kappa shape index (κ3) is 4.47. The number of phenolic OH excluding ortho intramolecular Hbond substituents is 1. The van der Waals surface area contributed by atoms with Gasteiger partial charge < -0.3 is 10.4 Å². The number of halogens is 2. The van der Waals surface area contributed by atoms with Gasteiger partial charge in [-0.1, -0.05) is 48.0 Å². The molecule has 0 radical (unpaired) electrons. The predicted octanol–water partition coefficient (Wildman–Crippen LogP) is 6.94. The Morgan fingerprint density at radius 1 is 0.931 bits per heavy atom. The molecule has 0 aliphatic heterocycles. The summed E-state index contributed by atoms with van der Waals surface area (Å²) in [6, 6.07) is 14.4. The Morgan fingerprint density at radius 2 is 1.59 bits per heavy atom. The lowest BCUT2D eigenvalue weighted by Crippen LogP contribution is -2.14. The van der Waals surface area contributed by atoms with Crippen molar-refractivity contribution in [2.45, 2.75) is 20.8 Å². The van der Waals surface area contributed by atoms with Crippen molar-refractivity contribution in [1.29, 1.82) is 0 Å². The zero-order valence-electron chi connectivity index (χ0n) is 16.4. The molecule has 1 amide bonds. The van der Waals surface area contributed by atoms with Gasteiger partial charge in [-0.15, -0.1) is 0 Å². The number of phenols is 1. The maximum Gasteiger partial charge on any atom is 0.259 e. The van der Waals surface area contributed by atoms with Gasteiger partial charge in [0, 0.05) is 16.3 Å². The molecule has 0 spiro atoms. The molecular formula is C24H21Cl2NO2. The third-order valence-electron chi connectivity index (χ3n) is 4.77. The van der Waals surface area contributed by atoms with E-state index in [4.69, 9.17) is 23.2 Å². The van der Waals surface area contributed by atoms with E-state index in [-0.39, 0.29) is 11.3 Å². The van der Waals surface area contributed by atoms with E-state index in [1.807, 2.05) is 38.1 Å². The summed E-state index contributed by atoms with van der Waals surface area (Å²) in [5, 5.41) is 14.2. The van der Waals surface area contributed by atoms with E-state index in [2.05, 4.69) is 11.9 Å². The first-order valence-corrected chi connectivity index (χ1v) is 9.80. The first-order chi connectivity index (χ1) is 13.7. The molecule has 3 aromatic rings. The van der Waals surface area contributed by atoms with Gasteiger partial charge in [-0.25, -0.2) is 0 Å². The molecule has 3 nitrogen and oxygen atoms in total.